The molecule has 1 aromatic heterocycles. The molecule has 0 saturated heterocycles. The highest BCUT2D eigenvalue weighted by atomic mass is 19.1. The summed E-state index contributed by atoms with van der Waals surface area (Å²) in [5.41, 5.74) is 1.28. The second-order valence-corrected chi connectivity index (χ2v) is 6.03. The van der Waals surface area contributed by atoms with E-state index in [-0.39, 0.29) is 12.1 Å². The fourth-order valence-corrected chi connectivity index (χ4v) is 2.68. The van der Waals surface area contributed by atoms with Gasteiger partial charge in [0.1, 0.15) is 11.6 Å². The quantitative estimate of drug-likeness (QED) is 0.534. The Labute approximate surface area is 154 Å². The van der Waals surface area contributed by atoms with Crippen LogP contribution in [0.1, 0.15) is 27.3 Å². The Morgan fingerprint density at radius 1 is 1.26 bits per heavy atom. The van der Waals surface area contributed by atoms with Crippen molar-refractivity contribution in [2.45, 2.75) is 20.0 Å². The number of aryl methyl sites for hydroxylation is 1. The highest BCUT2D eigenvalue weighted by Crippen LogP contribution is 2.17. The zero-order chi connectivity index (χ0) is 19.4. The molecule has 0 aliphatic rings. The van der Waals surface area contributed by atoms with Crippen molar-refractivity contribution in [3.8, 4) is 0 Å². The number of benzene rings is 2. The van der Waals surface area contributed by atoms with Crippen molar-refractivity contribution >= 4 is 11.6 Å². The van der Waals surface area contributed by atoms with Crippen LogP contribution in [0.15, 0.2) is 54.9 Å². The third kappa shape index (κ3) is 4.35. The summed E-state index contributed by atoms with van der Waals surface area (Å²) >= 11 is 0. The second kappa shape index (κ2) is 7.77. The average molecular weight is 368 g/mol. The standard InChI is InChI=1S/C19H17FN4O3/c1-13-21-7-8-23(13)12-15-4-2-3-14(9-15)11-22-19(25)17-6-5-16(24(26)27)10-18(17)20/h2-10H,11-12H2,1H3,(H,22,25). The number of halogens is 1. The van der Waals surface area contributed by atoms with Crippen LogP contribution in [0.4, 0.5) is 10.1 Å². The van der Waals surface area contributed by atoms with E-state index in [1.807, 2.05) is 42.0 Å². The molecule has 1 amide bonds. The minimum Gasteiger partial charge on any atom is -0.348 e. The third-order valence-electron chi connectivity index (χ3n) is 4.13. The number of hydrogen-bond acceptors (Lipinski definition) is 4. The summed E-state index contributed by atoms with van der Waals surface area (Å²) in [6, 6.07) is 10.6. The van der Waals surface area contributed by atoms with Gasteiger partial charge in [-0.3, -0.25) is 14.9 Å². The predicted octanol–water partition coefficient (Wildman–Crippen LogP) is 3.22. The molecule has 0 unspecified atom stereocenters. The maximum Gasteiger partial charge on any atom is 0.272 e. The molecule has 3 aromatic rings. The number of carbonyl (C=O) groups is 1. The van der Waals surface area contributed by atoms with Crippen LogP contribution in [0.3, 0.4) is 0 Å². The summed E-state index contributed by atoms with van der Waals surface area (Å²) in [5, 5.41) is 13.3. The molecule has 0 saturated carbocycles. The van der Waals surface area contributed by atoms with Gasteiger partial charge in [0.2, 0.25) is 0 Å². The molecular weight excluding hydrogens is 351 g/mol. The smallest absolute Gasteiger partial charge is 0.272 e. The van der Waals surface area contributed by atoms with E-state index < -0.39 is 22.3 Å². The van der Waals surface area contributed by atoms with Gasteiger partial charge in [0.05, 0.1) is 16.6 Å². The first-order valence-corrected chi connectivity index (χ1v) is 8.22. The number of aromatic nitrogens is 2. The summed E-state index contributed by atoms with van der Waals surface area (Å²) < 4.78 is 15.9. The molecule has 3 rings (SSSR count). The van der Waals surface area contributed by atoms with Crippen molar-refractivity contribution in [1.29, 1.82) is 0 Å². The summed E-state index contributed by atoms with van der Waals surface area (Å²) in [6.07, 6.45) is 3.62. The molecule has 2 aromatic carbocycles. The van der Waals surface area contributed by atoms with Gasteiger partial charge in [-0.2, -0.15) is 0 Å². The first-order valence-electron chi connectivity index (χ1n) is 8.22. The summed E-state index contributed by atoms with van der Waals surface area (Å²) in [4.78, 5) is 26.3. The minimum absolute atomic E-state index is 0.214. The zero-order valence-corrected chi connectivity index (χ0v) is 14.6. The topological polar surface area (TPSA) is 90.1 Å². The maximum atomic E-state index is 13.9. The van der Waals surface area contributed by atoms with Crippen molar-refractivity contribution in [2.75, 3.05) is 0 Å². The highest BCUT2D eigenvalue weighted by molar-refractivity contribution is 5.94. The fraction of sp³-hybridized carbons (Fsp3) is 0.158. The Hall–Kier alpha value is -3.55. The molecule has 0 radical (unpaired) electrons. The molecular formula is C19H17FN4O3. The number of nitrogens with zero attached hydrogens (tertiary/aromatic N) is 3. The van der Waals surface area contributed by atoms with E-state index in [1.54, 1.807) is 6.20 Å². The number of hydrogen-bond donors (Lipinski definition) is 1. The number of nitro benzene ring substituents is 1. The molecule has 0 aliphatic heterocycles. The van der Waals surface area contributed by atoms with Crippen molar-refractivity contribution in [2.24, 2.45) is 0 Å². The van der Waals surface area contributed by atoms with E-state index in [9.17, 15) is 19.3 Å². The third-order valence-corrected chi connectivity index (χ3v) is 4.13. The Bertz CT molecular complexity index is 1000. The van der Waals surface area contributed by atoms with Gasteiger partial charge in [0.25, 0.3) is 11.6 Å². The highest BCUT2D eigenvalue weighted by Gasteiger charge is 2.16. The largest absolute Gasteiger partial charge is 0.348 e. The maximum absolute atomic E-state index is 13.9. The Morgan fingerprint density at radius 3 is 2.70 bits per heavy atom. The normalized spacial score (nSPS) is 10.6. The van der Waals surface area contributed by atoms with Gasteiger partial charge in [-0.15, -0.1) is 0 Å². The van der Waals surface area contributed by atoms with Gasteiger partial charge in [0, 0.05) is 31.5 Å². The SMILES string of the molecule is Cc1nccn1Cc1cccc(CNC(=O)c2ccc([N+](=O)[O-])cc2F)c1. The van der Waals surface area contributed by atoms with Crippen LogP contribution in [-0.4, -0.2) is 20.4 Å². The Morgan fingerprint density at radius 2 is 2.04 bits per heavy atom. The number of nitro groups is 1. The number of nitrogens with one attached hydrogen (secondary N) is 1. The van der Waals surface area contributed by atoms with Gasteiger partial charge >= 0.3 is 0 Å². The van der Waals surface area contributed by atoms with Crippen LogP contribution < -0.4 is 5.32 Å². The molecule has 0 fully saturated rings. The van der Waals surface area contributed by atoms with E-state index >= 15 is 0 Å². The lowest BCUT2D eigenvalue weighted by atomic mass is 10.1. The van der Waals surface area contributed by atoms with Crippen LogP contribution >= 0.6 is 0 Å². The second-order valence-electron chi connectivity index (χ2n) is 6.03. The number of carbonyl (C=O) groups excluding carboxylic acids is 1. The van der Waals surface area contributed by atoms with Gasteiger partial charge in [-0.1, -0.05) is 24.3 Å². The van der Waals surface area contributed by atoms with Gasteiger partial charge in [-0.25, -0.2) is 9.37 Å². The molecule has 0 bridgehead atoms. The number of non-ortho nitro benzene ring substituents is 1. The number of imidazole rings is 1. The van der Waals surface area contributed by atoms with E-state index in [0.717, 1.165) is 35.2 Å². The first-order chi connectivity index (χ1) is 12.9. The van der Waals surface area contributed by atoms with Crippen molar-refractivity contribution in [1.82, 2.24) is 14.9 Å². The lowest BCUT2D eigenvalue weighted by Gasteiger charge is -2.09. The summed E-state index contributed by atoms with van der Waals surface area (Å²) in [7, 11) is 0. The van der Waals surface area contributed by atoms with Crippen LogP contribution in [0, 0.1) is 22.9 Å². The van der Waals surface area contributed by atoms with E-state index in [1.165, 1.54) is 0 Å². The Balaban J connectivity index is 1.66. The fourth-order valence-electron chi connectivity index (χ4n) is 2.68. The predicted molar refractivity (Wildman–Crippen MR) is 96.7 cm³/mol. The van der Waals surface area contributed by atoms with Crippen LogP contribution in [0.2, 0.25) is 0 Å². The first kappa shape index (κ1) is 18.2. The molecule has 0 atom stereocenters. The number of rotatable bonds is 6. The van der Waals surface area contributed by atoms with Crippen molar-refractivity contribution in [3.63, 3.8) is 0 Å². The zero-order valence-electron chi connectivity index (χ0n) is 14.6. The van der Waals surface area contributed by atoms with E-state index in [4.69, 9.17) is 0 Å². The molecule has 27 heavy (non-hydrogen) atoms. The molecule has 1 heterocycles. The molecule has 7 nitrogen and oxygen atoms in total. The van der Waals surface area contributed by atoms with Gasteiger partial charge in [-0.05, 0) is 24.1 Å². The minimum atomic E-state index is -0.925. The van der Waals surface area contributed by atoms with Crippen molar-refractivity contribution in [3.05, 3.63) is 93.3 Å². The monoisotopic (exact) mass is 368 g/mol. The van der Waals surface area contributed by atoms with E-state index in [0.29, 0.717) is 6.54 Å². The lowest BCUT2D eigenvalue weighted by molar-refractivity contribution is -0.385. The average Bonchev–Trinajstić information content (AvgIpc) is 3.04. The molecule has 0 aliphatic carbocycles. The van der Waals surface area contributed by atoms with Gasteiger partial charge in [0.15, 0.2) is 0 Å². The van der Waals surface area contributed by atoms with Gasteiger partial charge < -0.3 is 9.88 Å². The summed E-state index contributed by atoms with van der Waals surface area (Å²) in [6.45, 7) is 2.79. The van der Waals surface area contributed by atoms with Crippen LogP contribution in [0.25, 0.3) is 0 Å². The molecule has 0 spiro atoms. The van der Waals surface area contributed by atoms with Crippen LogP contribution in [0.5, 0.6) is 0 Å². The van der Waals surface area contributed by atoms with Crippen LogP contribution in [-0.2, 0) is 13.1 Å². The van der Waals surface area contributed by atoms with E-state index in [2.05, 4.69) is 10.3 Å². The molecule has 8 heteroatoms. The number of amides is 1. The summed E-state index contributed by atoms with van der Waals surface area (Å²) in [5.74, 6) is -0.647. The Kier molecular flexibility index (Phi) is 5.25. The molecule has 138 valence electrons. The lowest BCUT2D eigenvalue weighted by Crippen LogP contribution is -2.24. The molecule has 1 N–H and O–H groups in total. The van der Waals surface area contributed by atoms with Crippen molar-refractivity contribution < 1.29 is 14.1 Å².